The van der Waals surface area contributed by atoms with Crippen LogP contribution in [-0.2, 0) is 0 Å². The Bertz CT molecular complexity index is 807. The summed E-state index contributed by atoms with van der Waals surface area (Å²) in [7, 11) is 0. The Morgan fingerprint density at radius 3 is 2.17 bits per heavy atom. The van der Waals surface area contributed by atoms with Gasteiger partial charge in [0.25, 0.3) is 0 Å². The summed E-state index contributed by atoms with van der Waals surface area (Å²) in [5, 5.41) is 12.2. The van der Waals surface area contributed by atoms with Gasteiger partial charge in [0, 0.05) is 16.1 Å². The van der Waals surface area contributed by atoms with Crippen LogP contribution in [0.4, 0.5) is 17.6 Å². The third-order valence-electron chi connectivity index (χ3n) is 2.85. The van der Waals surface area contributed by atoms with Gasteiger partial charge in [-0.05, 0) is 28.1 Å². The zero-order valence-electron chi connectivity index (χ0n) is 10.6. The van der Waals surface area contributed by atoms with E-state index in [2.05, 4.69) is 35.1 Å². The van der Waals surface area contributed by atoms with Gasteiger partial charge in [-0.1, -0.05) is 5.16 Å². The van der Waals surface area contributed by atoms with Crippen LogP contribution in [0.15, 0.2) is 27.2 Å². The van der Waals surface area contributed by atoms with E-state index in [-0.39, 0.29) is 15.7 Å². The number of hydrogen-bond acceptors (Lipinski definition) is 5. The van der Waals surface area contributed by atoms with Crippen molar-refractivity contribution >= 4 is 21.9 Å². The monoisotopic (exact) mass is 397 g/mol. The quantitative estimate of drug-likeness (QED) is 0.777. The molecule has 1 aromatic carbocycles. The Morgan fingerprint density at radius 2 is 1.65 bits per heavy atom. The maximum atomic E-state index is 13.2. The summed E-state index contributed by atoms with van der Waals surface area (Å²) < 4.78 is 65.2. The fraction of sp³-hybridized carbons (Fsp3) is 0.167. The smallest absolute Gasteiger partial charge is 0.475 e. The largest absolute Gasteiger partial charge is 0.507 e. The zero-order valence-corrected chi connectivity index (χ0v) is 12.2. The molecule has 0 bridgehead atoms. The molecule has 2 aromatic rings. The minimum absolute atomic E-state index is 0.0266. The molecule has 0 spiro atoms. The normalized spacial score (nSPS) is 17.8. The predicted molar refractivity (Wildman–Crippen MR) is 67.7 cm³/mol. The van der Waals surface area contributed by atoms with Crippen LogP contribution in [0.25, 0.3) is 11.3 Å². The van der Waals surface area contributed by atoms with Gasteiger partial charge in [0.05, 0.1) is 0 Å². The summed E-state index contributed by atoms with van der Waals surface area (Å²) in [6.45, 7) is 0. The number of nitrogens with zero attached hydrogens (tertiary/aromatic N) is 1. The average molecular weight is 398 g/mol. The number of carbonyl (C=O) groups is 1. The second-order valence-electron chi connectivity index (χ2n) is 4.40. The molecule has 0 aliphatic carbocycles. The predicted octanol–water partition coefficient (Wildman–Crippen LogP) is 3.76. The van der Waals surface area contributed by atoms with Crippen LogP contribution in [-0.4, -0.2) is 28.4 Å². The molecule has 122 valence electrons. The molecule has 0 saturated heterocycles. The van der Waals surface area contributed by atoms with E-state index >= 15 is 0 Å². The molecule has 1 aliphatic heterocycles. The molecule has 3 rings (SSSR count). The van der Waals surface area contributed by atoms with Gasteiger partial charge in [0.1, 0.15) is 5.69 Å². The van der Waals surface area contributed by atoms with Crippen molar-refractivity contribution in [3.8, 4) is 22.8 Å². The van der Waals surface area contributed by atoms with Crippen LogP contribution in [0.1, 0.15) is 10.6 Å². The van der Waals surface area contributed by atoms with Crippen LogP contribution in [0, 0.1) is 0 Å². The lowest BCUT2D eigenvalue weighted by Gasteiger charge is -2.32. The molecular formula is C12H4BrF4NO5. The number of aromatic carboxylic acids is 1. The minimum Gasteiger partial charge on any atom is -0.475 e. The molecule has 0 amide bonds. The maximum absolute atomic E-state index is 13.2. The lowest BCUT2D eigenvalue weighted by molar-refractivity contribution is -0.391. The molecular weight excluding hydrogens is 394 g/mol. The molecule has 1 aliphatic rings. The SMILES string of the molecule is O=C(O)c1cc(-c2cc3c(cc2Br)OC(F)(F)C(F)(F)O3)no1. The molecule has 0 fully saturated rings. The molecule has 1 aromatic heterocycles. The van der Waals surface area contributed by atoms with Crippen molar-refractivity contribution in [1.29, 1.82) is 0 Å². The van der Waals surface area contributed by atoms with Crippen LogP contribution in [0.2, 0.25) is 0 Å². The number of fused-ring (bicyclic) bond motifs is 1. The van der Waals surface area contributed by atoms with Crippen LogP contribution in [0.3, 0.4) is 0 Å². The third-order valence-corrected chi connectivity index (χ3v) is 3.50. The number of carboxylic acids is 1. The fourth-order valence-corrected chi connectivity index (χ4v) is 2.31. The van der Waals surface area contributed by atoms with Gasteiger partial charge in [-0.3, -0.25) is 0 Å². The first-order chi connectivity index (χ1) is 10.6. The number of aromatic nitrogens is 1. The van der Waals surface area contributed by atoms with Gasteiger partial charge in [0.15, 0.2) is 11.5 Å². The van der Waals surface area contributed by atoms with Crippen molar-refractivity contribution in [1.82, 2.24) is 5.16 Å². The summed E-state index contributed by atoms with van der Waals surface area (Å²) in [5.41, 5.74) is 0.0611. The van der Waals surface area contributed by atoms with Crippen molar-refractivity contribution < 1.29 is 41.5 Å². The van der Waals surface area contributed by atoms with Crippen molar-refractivity contribution in [3.05, 3.63) is 28.4 Å². The van der Waals surface area contributed by atoms with Crippen LogP contribution in [0.5, 0.6) is 11.5 Å². The van der Waals surface area contributed by atoms with Crippen LogP contribution < -0.4 is 9.47 Å². The summed E-state index contributed by atoms with van der Waals surface area (Å²) in [4.78, 5) is 10.7. The van der Waals surface area contributed by atoms with E-state index in [1.54, 1.807) is 0 Å². The van der Waals surface area contributed by atoms with Gasteiger partial charge in [0.2, 0.25) is 5.76 Å². The second kappa shape index (κ2) is 4.85. The molecule has 2 heterocycles. The minimum atomic E-state index is -4.86. The van der Waals surface area contributed by atoms with Crippen molar-refractivity contribution in [2.24, 2.45) is 0 Å². The highest BCUT2D eigenvalue weighted by molar-refractivity contribution is 9.10. The third kappa shape index (κ3) is 2.50. The second-order valence-corrected chi connectivity index (χ2v) is 5.25. The average Bonchev–Trinajstić information content (AvgIpc) is 2.89. The van der Waals surface area contributed by atoms with Gasteiger partial charge >= 0.3 is 18.2 Å². The number of halogens is 5. The van der Waals surface area contributed by atoms with Crippen molar-refractivity contribution in [2.75, 3.05) is 0 Å². The van der Waals surface area contributed by atoms with E-state index in [1.165, 1.54) is 0 Å². The zero-order chi connectivity index (χ0) is 17.0. The van der Waals surface area contributed by atoms with Gasteiger partial charge in [-0.2, -0.15) is 17.6 Å². The van der Waals surface area contributed by atoms with E-state index in [1.807, 2.05) is 0 Å². The van der Waals surface area contributed by atoms with Crippen LogP contribution >= 0.6 is 15.9 Å². The summed E-state index contributed by atoms with van der Waals surface area (Å²) in [6, 6.07) is 2.96. The molecule has 1 N–H and O–H groups in total. The first-order valence-corrected chi connectivity index (χ1v) is 6.57. The highest BCUT2D eigenvalue weighted by atomic mass is 79.9. The molecule has 0 unspecified atom stereocenters. The van der Waals surface area contributed by atoms with Gasteiger partial charge in [-0.25, -0.2) is 4.79 Å². The number of ether oxygens (including phenoxy) is 2. The summed E-state index contributed by atoms with van der Waals surface area (Å²) >= 11 is 3.03. The van der Waals surface area contributed by atoms with Crippen molar-refractivity contribution in [2.45, 2.75) is 12.2 Å². The molecule has 0 saturated carbocycles. The van der Waals surface area contributed by atoms with E-state index in [0.29, 0.717) is 0 Å². The lowest BCUT2D eigenvalue weighted by atomic mass is 10.1. The summed E-state index contributed by atoms with van der Waals surface area (Å²) in [5.74, 6) is -3.14. The molecule has 0 atom stereocenters. The highest BCUT2D eigenvalue weighted by Gasteiger charge is 2.66. The van der Waals surface area contributed by atoms with E-state index in [4.69, 9.17) is 5.11 Å². The Kier molecular flexibility index (Phi) is 3.29. The summed E-state index contributed by atoms with van der Waals surface area (Å²) in [6.07, 6.45) is -9.69. The van der Waals surface area contributed by atoms with E-state index < -0.39 is 35.4 Å². The number of alkyl halides is 4. The Balaban J connectivity index is 2.07. The van der Waals surface area contributed by atoms with E-state index in [0.717, 1.165) is 18.2 Å². The number of benzene rings is 1. The standard InChI is InChI=1S/C12H4BrF4NO5/c13-5-2-8-7(21-11(14,15)12(16,17)22-8)1-4(5)6-3-9(10(19)20)23-18-6/h1-3H,(H,19,20). The maximum Gasteiger partial charge on any atom is 0.507 e. The van der Waals surface area contributed by atoms with E-state index in [9.17, 15) is 22.4 Å². The number of carboxylic acid groups (broad SMARTS) is 1. The first-order valence-electron chi connectivity index (χ1n) is 5.78. The molecule has 6 nitrogen and oxygen atoms in total. The van der Waals surface area contributed by atoms with Gasteiger partial charge < -0.3 is 19.1 Å². The highest BCUT2D eigenvalue weighted by Crippen LogP contribution is 2.49. The topological polar surface area (TPSA) is 81.8 Å². The Labute approximate surface area is 132 Å². The van der Waals surface area contributed by atoms with Gasteiger partial charge in [-0.15, -0.1) is 0 Å². The Hall–Kier alpha value is -2.30. The number of rotatable bonds is 2. The van der Waals surface area contributed by atoms with Crippen molar-refractivity contribution in [3.63, 3.8) is 0 Å². The molecule has 11 heteroatoms. The fourth-order valence-electron chi connectivity index (χ4n) is 1.79. The molecule has 0 radical (unpaired) electrons. The lowest BCUT2D eigenvalue weighted by Crippen LogP contribution is -2.52. The molecule has 23 heavy (non-hydrogen) atoms. The number of hydrogen-bond donors (Lipinski definition) is 1. The Morgan fingerprint density at radius 1 is 1.09 bits per heavy atom. The first kappa shape index (κ1) is 15.6.